The van der Waals surface area contributed by atoms with Crippen molar-refractivity contribution in [3.05, 3.63) is 47.4 Å². The van der Waals surface area contributed by atoms with Crippen molar-refractivity contribution in [3.8, 4) is 11.5 Å². The zero-order valence-electron chi connectivity index (χ0n) is 12.8. The van der Waals surface area contributed by atoms with Gasteiger partial charge in [0, 0.05) is 38.2 Å². The lowest BCUT2D eigenvalue weighted by Crippen LogP contribution is -2.38. The maximum absolute atomic E-state index is 13.9. The molecule has 23 heavy (non-hydrogen) atoms. The van der Waals surface area contributed by atoms with Crippen molar-refractivity contribution in [2.75, 3.05) is 25.1 Å². The molecule has 0 N–H and O–H groups in total. The highest BCUT2D eigenvalue weighted by Crippen LogP contribution is 2.28. The van der Waals surface area contributed by atoms with E-state index >= 15 is 0 Å². The van der Waals surface area contributed by atoms with E-state index in [1.165, 1.54) is 13.2 Å². The molecule has 0 bridgehead atoms. The second-order valence-corrected chi connectivity index (χ2v) is 5.82. The van der Waals surface area contributed by atoms with Gasteiger partial charge >= 0.3 is 0 Å². The molecule has 2 heterocycles. The minimum atomic E-state index is -0.403. The average Bonchev–Trinajstić information content (AvgIpc) is 2.58. The van der Waals surface area contributed by atoms with Crippen LogP contribution in [0, 0.1) is 5.82 Å². The van der Waals surface area contributed by atoms with Crippen LogP contribution >= 0.6 is 11.6 Å². The molecule has 1 saturated heterocycles. The highest BCUT2D eigenvalue weighted by Gasteiger charge is 2.23. The smallest absolute Gasteiger partial charge is 0.168 e. The van der Waals surface area contributed by atoms with Crippen LogP contribution in [-0.2, 0) is 0 Å². The molecule has 0 radical (unpaired) electrons. The summed E-state index contributed by atoms with van der Waals surface area (Å²) in [5, 5.41) is 0.646. The molecule has 4 nitrogen and oxygen atoms in total. The van der Waals surface area contributed by atoms with E-state index in [1.807, 2.05) is 12.1 Å². The van der Waals surface area contributed by atoms with Gasteiger partial charge in [-0.3, -0.25) is 0 Å². The second kappa shape index (κ2) is 7.04. The number of methoxy groups -OCH3 is 1. The fourth-order valence-corrected chi connectivity index (χ4v) is 2.92. The van der Waals surface area contributed by atoms with Gasteiger partial charge in [0.25, 0.3) is 0 Å². The number of piperidine rings is 1. The molecule has 0 amide bonds. The van der Waals surface area contributed by atoms with E-state index in [-0.39, 0.29) is 11.9 Å². The highest BCUT2D eigenvalue weighted by molar-refractivity contribution is 6.32. The first kappa shape index (κ1) is 15.9. The zero-order chi connectivity index (χ0) is 16.2. The van der Waals surface area contributed by atoms with Crippen molar-refractivity contribution in [2.24, 2.45) is 0 Å². The minimum Gasteiger partial charge on any atom is -0.497 e. The van der Waals surface area contributed by atoms with Crippen LogP contribution < -0.4 is 14.4 Å². The predicted molar refractivity (Wildman–Crippen MR) is 88.1 cm³/mol. The fraction of sp³-hybridized carbons (Fsp3) is 0.353. The predicted octanol–water partition coefficient (Wildman–Crippen LogP) is 3.93. The van der Waals surface area contributed by atoms with Crippen LogP contribution in [0.3, 0.4) is 0 Å². The number of halogens is 2. The third kappa shape index (κ3) is 3.67. The van der Waals surface area contributed by atoms with Crippen LogP contribution in [0.1, 0.15) is 12.8 Å². The summed E-state index contributed by atoms with van der Waals surface area (Å²) in [6.07, 6.45) is 3.30. The summed E-state index contributed by atoms with van der Waals surface area (Å²) in [4.78, 5) is 6.45. The van der Waals surface area contributed by atoms with Crippen molar-refractivity contribution >= 4 is 17.4 Å². The summed E-state index contributed by atoms with van der Waals surface area (Å²) in [5.74, 6) is 1.14. The monoisotopic (exact) mass is 336 g/mol. The fourth-order valence-electron chi connectivity index (χ4n) is 2.68. The van der Waals surface area contributed by atoms with Crippen LogP contribution in [0.2, 0.25) is 5.02 Å². The van der Waals surface area contributed by atoms with Gasteiger partial charge in [0.2, 0.25) is 0 Å². The van der Waals surface area contributed by atoms with Crippen LogP contribution in [0.25, 0.3) is 0 Å². The lowest BCUT2D eigenvalue weighted by atomic mass is 10.1. The first-order valence-corrected chi connectivity index (χ1v) is 7.91. The van der Waals surface area contributed by atoms with Gasteiger partial charge in [-0.1, -0.05) is 11.6 Å². The van der Waals surface area contributed by atoms with Crippen LogP contribution in [0.5, 0.6) is 11.5 Å². The number of hydrogen-bond acceptors (Lipinski definition) is 4. The number of pyridine rings is 1. The summed E-state index contributed by atoms with van der Waals surface area (Å²) in [5.41, 5.74) is 0. The molecule has 0 saturated carbocycles. The normalized spacial score (nSPS) is 15.5. The quantitative estimate of drug-likeness (QED) is 0.847. The summed E-state index contributed by atoms with van der Waals surface area (Å²) in [6, 6.07) is 8.28. The van der Waals surface area contributed by atoms with Gasteiger partial charge in [-0.05, 0) is 24.3 Å². The standard InChI is InChI=1S/C17H18ClFN2O2/c1-22-13-4-5-16(15(19)11-13)23-12-6-9-21(10-7-12)17-14(18)3-2-8-20-17/h2-5,8,11-12H,6-7,9-10H2,1H3. The second-order valence-electron chi connectivity index (χ2n) is 5.41. The molecule has 0 aliphatic carbocycles. The Labute approximate surface area is 139 Å². The van der Waals surface area contributed by atoms with Crippen LogP contribution in [0.4, 0.5) is 10.2 Å². The third-order valence-electron chi connectivity index (χ3n) is 3.91. The number of aromatic nitrogens is 1. The molecule has 1 aromatic heterocycles. The van der Waals surface area contributed by atoms with Gasteiger partial charge < -0.3 is 14.4 Å². The maximum atomic E-state index is 13.9. The van der Waals surface area contributed by atoms with E-state index in [4.69, 9.17) is 21.1 Å². The van der Waals surface area contributed by atoms with Crippen LogP contribution in [0.15, 0.2) is 36.5 Å². The Morgan fingerprint density at radius 2 is 2.04 bits per heavy atom. The number of benzene rings is 1. The Bertz CT molecular complexity index is 675. The molecular formula is C17H18ClFN2O2. The van der Waals surface area contributed by atoms with Gasteiger partial charge in [0.05, 0.1) is 12.1 Å². The van der Waals surface area contributed by atoms with Gasteiger partial charge in [-0.2, -0.15) is 0 Å². The van der Waals surface area contributed by atoms with Crippen molar-refractivity contribution in [1.29, 1.82) is 0 Å². The highest BCUT2D eigenvalue weighted by atomic mass is 35.5. The largest absolute Gasteiger partial charge is 0.497 e. The molecule has 0 unspecified atom stereocenters. The summed E-state index contributed by atoms with van der Waals surface area (Å²) in [7, 11) is 1.51. The molecule has 122 valence electrons. The molecule has 1 aromatic carbocycles. The lowest BCUT2D eigenvalue weighted by Gasteiger charge is -2.33. The van der Waals surface area contributed by atoms with E-state index in [0.29, 0.717) is 10.8 Å². The van der Waals surface area contributed by atoms with E-state index in [9.17, 15) is 4.39 Å². The lowest BCUT2D eigenvalue weighted by molar-refractivity contribution is 0.163. The Morgan fingerprint density at radius 3 is 2.70 bits per heavy atom. The summed E-state index contributed by atoms with van der Waals surface area (Å²) >= 11 is 6.18. The molecule has 1 fully saturated rings. The minimum absolute atomic E-state index is 0.0170. The Hall–Kier alpha value is -2.01. The summed E-state index contributed by atoms with van der Waals surface area (Å²) < 4.78 is 24.7. The van der Waals surface area contributed by atoms with Gasteiger partial charge in [0.1, 0.15) is 17.7 Å². The third-order valence-corrected chi connectivity index (χ3v) is 4.21. The van der Waals surface area contributed by atoms with E-state index in [0.717, 1.165) is 31.7 Å². The topological polar surface area (TPSA) is 34.6 Å². The molecule has 0 atom stereocenters. The molecular weight excluding hydrogens is 319 g/mol. The van der Waals surface area contributed by atoms with Crippen LogP contribution in [-0.4, -0.2) is 31.3 Å². The number of rotatable bonds is 4. The maximum Gasteiger partial charge on any atom is 0.168 e. The van der Waals surface area contributed by atoms with Gasteiger partial charge in [0.15, 0.2) is 11.6 Å². The molecule has 1 aliphatic rings. The molecule has 2 aromatic rings. The van der Waals surface area contributed by atoms with Gasteiger partial charge in [-0.15, -0.1) is 0 Å². The number of anilines is 1. The summed E-state index contributed by atoms with van der Waals surface area (Å²) in [6.45, 7) is 1.55. The number of ether oxygens (including phenoxy) is 2. The molecule has 0 spiro atoms. The van der Waals surface area contributed by atoms with Crippen molar-refractivity contribution in [2.45, 2.75) is 18.9 Å². The van der Waals surface area contributed by atoms with E-state index in [2.05, 4.69) is 9.88 Å². The van der Waals surface area contributed by atoms with Crippen molar-refractivity contribution < 1.29 is 13.9 Å². The first-order valence-electron chi connectivity index (χ1n) is 7.53. The Kier molecular flexibility index (Phi) is 4.86. The van der Waals surface area contributed by atoms with Crippen molar-refractivity contribution in [1.82, 2.24) is 4.98 Å². The number of hydrogen-bond donors (Lipinski definition) is 0. The molecule has 6 heteroatoms. The Morgan fingerprint density at radius 1 is 1.26 bits per heavy atom. The zero-order valence-corrected chi connectivity index (χ0v) is 13.6. The molecule has 3 rings (SSSR count). The number of nitrogens with zero attached hydrogens (tertiary/aromatic N) is 2. The SMILES string of the molecule is COc1ccc(OC2CCN(c3ncccc3Cl)CC2)c(F)c1. The van der Waals surface area contributed by atoms with E-state index in [1.54, 1.807) is 18.3 Å². The molecule has 1 aliphatic heterocycles. The average molecular weight is 337 g/mol. The van der Waals surface area contributed by atoms with E-state index < -0.39 is 5.82 Å². The van der Waals surface area contributed by atoms with Gasteiger partial charge in [-0.25, -0.2) is 9.37 Å². The Balaban J connectivity index is 1.60. The first-order chi connectivity index (χ1) is 11.2. The van der Waals surface area contributed by atoms with Crippen molar-refractivity contribution in [3.63, 3.8) is 0 Å².